The number of hydrogen-bond donors (Lipinski definition) is 12. The fourth-order valence-electron chi connectivity index (χ4n) is 9.87. The number of hydrogen-bond acceptors (Lipinski definition) is 18. The molecule has 17 atom stereocenters. The Morgan fingerprint density at radius 3 is 1.40 bits per heavy atom. The van der Waals surface area contributed by atoms with Crippen molar-refractivity contribution in [3.05, 3.63) is 48.6 Å². The van der Waals surface area contributed by atoms with Crippen LogP contribution in [0.1, 0.15) is 187 Å². The van der Waals surface area contributed by atoms with Crippen LogP contribution in [0.5, 0.6) is 0 Å². The Labute approximate surface area is 465 Å². The first-order valence-electron chi connectivity index (χ1n) is 29.9. The highest BCUT2D eigenvalue weighted by molar-refractivity contribution is 5.76. The van der Waals surface area contributed by atoms with Gasteiger partial charge in [0.05, 0.1) is 38.6 Å². The molecule has 0 radical (unpaired) electrons. The van der Waals surface area contributed by atoms with E-state index in [1.165, 1.54) is 103 Å². The van der Waals surface area contributed by atoms with Crippen LogP contribution in [0, 0.1) is 0 Å². The number of ether oxygens (including phenoxy) is 6. The third kappa shape index (κ3) is 26.3. The van der Waals surface area contributed by atoms with Crippen LogP contribution in [0.2, 0.25) is 0 Å². The van der Waals surface area contributed by atoms with Crippen LogP contribution in [0.4, 0.5) is 0 Å². The summed E-state index contributed by atoms with van der Waals surface area (Å²) < 4.78 is 34.1. The Balaban J connectivity index is 1.42. The monoisotopic (exact) mass is 1120 g/mol. The van der Waals surface area contributed by atoms with Crippen LogP contribution in [0.25, 0.3) is 0 Å². The highest BCUT2D eigenvalue weighted by Crippen LogP contribution is 2.33. The maximum atomic E-state index is 13.3. The average molecular weight is 1120 g/mol. The van der Waals surface area contributed by atoms with Gasteiger partial charge in [0, 0.05) is 6.42 Å². The third-order valence-electron chi connectivity index (χ3n) is 14.8. The van der Waals surface area contributed by atoms with Crippen LogP contribution in [-0.2, 0) is 33.2 Å². The Bertz CT molecular complexity index is 1620. The maximum absolute atomic E-state index is 13.3. The molecule has 0 aromatic carbocycles. The first kappa shape index (κ1) is 70.0. The zero-order chi connectivity index (χ0) is 56.9. The van der Waals surface area contributed by atoms with E-state index in [-0.39, 0.29) is 18.9 Å². The molecule has 1 amide bonds. The minimum Gasteiger partial charge on any atom is -0.394 e. The lowest BCUT2D eigenvalue weighted by Crippen LogP contribution is -2.66. The van der Waals surface area contributed by atoms with Gasteiger partial charge in [0.25, 0.3) is 0 Å². The van der Waals surface area contributed by atoms with E-state index in [9.17, 15) is 61.0 Å². The van der Waals surface area contributed by atoms with Crippen molar-refractivity contribution < 1.29 is 89.4 Å². The predicted molar refractivity (Wildman–Crippen MR) is 295 cm³/mol. The molecule has 17 unspecified atom stereocenters. The number of unbranched alkanes of at least 4 members (excludes halogenated alkanes) is 21. The number of allylic oxidation sites excluding steroid dienone is 7. The number of carbonyl (C=O) groups is 1. The Kier molecular flexibility index (Phi) is 38.2. The van der Waals surface area contributed by atoms with Crippen molar-refractivity contribution in [2.24, 2.45) is 0 Å². The summed E-state index contributed by atoms with van der Waals surface area (Å²) in [5.74, 6) is -0.292. The largest absolute Gasteiger partial charge is 0.394 e. The number of amides is 1. The molecule has 19 heteroatoms. The van der Waals surface area contributed by atoms with Crippen molar-refractivity contribution in [2.45, 2.75) is 291 Å². The van der Waals surface area contributed by atoms with Gasteiger partial charge in [-0.3, -0.25) is 4.79 Å². The van der Waals surface area contributed by atoms with Crippen molar-refractivity contribution in [1.82, 2.24) is 5.32 Å². The van der Waals surface area contributed by atoms with Gasteiger partial charge in [0.15, 0.2) is 18.9 Å². The van der Waals surface area contributed by atoms with Gasteiger partial charge in [-0.2, -0.15) is 0 Å². The molecule has 0 spiro atoms. The molecule has 3 rings (SSSR count). The fraction of sp³-hybridized carbons (Fsp3) is 0.847. The molecule has 19 nitrogen and oxygen atoms in total. The smallest absolute Gasteiger partial charge is 0.220 e. The Morgan fingerprint density at radius 2 is 0.872 bits per heavy atom. The van der Waals surface area contributed by atoms with E-state index in [4.69, 9.17) is 28.4 Å². The minimum absolute atomic E-state index is 0.233. The van der Waals surface area contributed by atoms with Crippen molar-refractivity contribution >= 4 is 5.91 Å². The summed E-state index contributed by atoms with van der Waals surface area (Å²) in [6.07, 6.45) is 20.0. The zero-order valence-electron chi connectivity index (χ0n) is 47.1. The molecule has 3 fully saturated rings. The van der Waals surface area contributed by atoms with Gasteiger partial charge in [0.1, 0.15) is 73.2 Å². The molecule has 3 saturated heterocycles. The third-order valence-corrected chi connectivity index (χ3v) is 14.8. The summed E-state index contributed by atoms with van der Waals surface area (Å²) in [4.78, 5) is 13.3. The topological polar surface area (TPSA) is 307 Å². The molecule has 0 aromatic heterocycles. The standard InChI is InChI=1S/C59H105NO18/c1-3-5-7-9-11-13-14-15-16-17-18-19-20-21-22-23-24-25-26-27-28-29-31-33-35-37-47(65)60-42(43(64)36-34-32-30-12-10-8-6-4-2)41-73-57-53(71)50(68)55(45(39-62)75-57)78-59-54(72)51(69)56(46(40-63)76-59)77-58-52(70)49(67)48(66)44(38-61)74-58/h10,12,14-15,17-18,34,36,42-46,48-59,61-64,66-72H,3-9,11,13,16,19-33,35,37-41H2,1-2H3,(H,60,65)/b12-10+,15-14-,18-17-,36-34+. The average Bonchev–Trinajstić information content (AvgIpc) is 3.48. The van der Waals surface area contributed by atoms with E-state index >= 15 is 0 Å². The van der Waals surface area contributed by atoms with Crippen LogP contribution in [0.15, 0.2) is 48.6 Å². The number of aliphatic hydroxyl groups excluding tert-OH is 11. The van der Waals surface area contributed by atoms with E-state index in [0.29, 0.717) is 12.8 Å². The molecule has 454 valence electrons. The van der Waals surface area contributed by atoms with Crippen molar-refractivity contribution in [3.63, 3.8) is 0 Å². The first-order valence-corrected chi connectivity index (χ1v) is 29.9. The summed E-state index contributed by atoms with van der Waals surface area (Å²) in [6, 6.07) is -0.988. The number of aliphatic hydroxyl groups is 11. The van der Waals surface area contributed by atoms with Crippen molar-refractivity contribution in [1.29, 1.82) is 0 Å². The van der Waals surface area contributed by atoms with E-state index < -0.39 is 124 Å². The second kappa shape index (κ2) is 42.6. The highest BCUT2D eigenvalue weighted by Gasteiger charge is 2.53. The van der Waals surface area contributed by atoms with Crippen molar-refractivity contribution in [3.8, 4) is 0 Å². The lowest BCUT2D eigenvalue weighted by Gasteiger charge is -2.48. The van der Waals surface area contributed by atoms with Gasteiger partial charge in [-0.1, -0.05) is 172 Å². The van der Waals surface area contributed by atoms with Gasteiger partial charge in [0.2, 0.25) is 5.91 Å². The Morgan fingerprint density at radius 1 is 0.462 bits per heavy atom. The molecule has 12 N–H and O–H groups in total. The summed E-state index contributed by atoms with van der Waals surface area (Å²) >= 11 is 0. The molecule has 0 aromatic rings. The Hall–Kier alpha value is -2.25. The summed E-state index contributed by atoms with van der Waals surface area (Å²) in [5.41, 5.74) is 0. The van der Waals surface area contributed by atoms with E-state index in [1.807, 2.05) is 6.08 Å². The summed E-state index contributed by atoms with van der Waals surface area (Å²) in [6.45, 7) is 1.59. The van der Waals surface area contributed by atoms with Crippen molar-refractivity contribution in [2.75, 3.05) is 26.4 Å². The minimum atomic E-state index is -1.98. The van der Waals surface area contributed by atoms with Gasteiger partial charge < -0.3 is 89.9 Å². The molecule has 3 aliphatic rings. The van der Waals surface area contributed by atoms with Crippen LogP contribution >= 0.6 is 0 Å². The maximum Gasteiger partial charge on any atom is 0.220 e. The van der Waals surface area contributed by atoms with Gasteiger partial charge >= 0.3 is 0 Å². The lowest BCUT2D eigenvalue weighted by atomic mass is 9.96. The number of nitrogens with one attached hydrogen (secondary N) is 1. The van der Waals surface area contributed by atoms with E-state index in [2.05, 4.69) is 55.6 Å². The fourth-order valence-corrected chi connectivity index (χ4v) is 9.87. The molecular weight excluding hydrogens is 1010 g/mol. The SMILES string of the molecule is CCCC/C=C/CC/C=C/C(O)C(COC1OC(CO)C(OC2OC(CO)C(OC3OC(CO)C(O)C(O)C3O)C(O)C2O)C(O)C1O)NC(=O)CCCCCCCCCCCCCCC/C=C\C/C=C\CCCCCCC. The van der Waals surface area contributed by atoms with Gasteiger partial charge in [-0.15, -0.1) is 0 Å². The molecular formula is C59H105NO18. The number of rotatable bonds is 43. The van der Waals surface area contributed by atoms with Gasteiger partial charge in [-0.05, 0) is 57.8 Å². The summed E-state index contributed by atoms with van der Waals surface area (Å²) in [7, 11) is 0. The van der Waals surface area contributed by atoms with Crippen LogP contribution in [0.3, 0.4) is 0 Å². The molecule has 78 heavy (non-hydrogen) atoms. The van der Waals surface area contributed by atoms with Gasteiger partial charge in [-0.25, -0.2) is 0 Å². The second-order valence-electron chi connectivity index (χ2n) is 21.4. The second-order valence-corrected chi connectivity index (χ2v) is 21.4. The van der Waals surface area contributed by atoms with Crippen LogP contribution < -0.4 is 5.32 Å². The van der Waals surface area contributed by atoms with E-state index in [1.54, 1.807) is 6.08 Å². The molecule has 0 saturated carbocycles. The first-order chi connectivity index (χ1) is 37.8. The molecule has 3 aliphatic heterocycles. The zero-order valence-corrected chi connectivity index (χ0v) is 47.1. The van der Waals surface area contributed by atoms with Crippen LogP contribution in [-0.4, -0.2) is 193 Å². The normalized spacial score (nSPS) is 30.8. The quantitative estimate of drug-likeness (QED) is 0.0279. The molecule has 0 aliphatic carbocycles. The highest BCUT2D eigenvalue weighted by atomic mass is 16.8. The molecule has 0 bridgehead atoms. The van der Waals surface area contributed by atoms with E-state index in [0.717, 1.165) is 51.4 Å². The molecule has 3 heterocycles. The number of carbonyl (C=O) groups excluding carboxylic acids is 1. The summed E-state index contributed by atoms with van der Waals surface area (Å²) in [5, 5.41) is 120. The predicted octanol–water partition coefficient (Wildman–Crippen LogP) is 5.09. The lowest BCUT2D eigenvalue weighted by molar-refractivity contribution is -0.379.